The first-order chi connectivity index (χ1) is 7.59. The Morgan fingerprint density at radius 3 is 2.81 bits per heavy atom. The molecule has 0 aromatic heterocycles. The molecule has 1 unspecified atom stereocenters. The van der Waals surface area contributed by atoms with Crippen LogP contribution in [-0.2, 0) is 4.79 Å². The Labute approximate surface area is 95.0 Å². The largest absolute Gasteiger partial charge is 0.478 e. The normalized spacial score (nSPS) is 20.2. The Balaban J connectivity index is 2.19. The first-order valence-corrected chi connectivity index (χ1v) is 5.36. The summed E-state index contributed by atoms with van der Waals surface area (Å²) in [5.41, 5.74) is 7.38. The van der Waals surface area contributed by atoms with Gasteiger partial charge in [0.15, 0.2) is 6.10 Å². The highest BCUT2D eigenvalue weighted by Gasteiger charge is 2.31. The minimum atomic E-state index is -0.381. The van der Waals surface area contributed by atoms with Crippen LogP contribution in [0.15, 0.2) is 18.2 Å². The van der Waals surface area contributed by atoms with Crippen molar-refractivity contribution in [1.29, 1.82) is 0 Å². The number of nitrogens with zero attached hydrogens (tertiary/aromatic N) is 1. The fourth-order valence-electron chi connectivity index (χ4n) is 1.88. The third-order valence-electron chi connectivity index (χ3n) is 2.88. The van der Waals surface area contributed by atoms with Crippen molar-refractivity contribution in [2.24, 2.45) is 0 Å². The molecule has 1 fully saturated rings. The lowest BCUT2D eigenvalue weighted by atomic mass is 10.2. The topological polar surface area (TPSA) is 55.6 Å². The van der Waals surface area contributed by atoms with Crippen LogP contribution >= 0.6 is 0 Å². The minimum Gasteiger partial charge on any atom is -0.478 e. The highest BCUT2D eigenvalue weighted by molar-refractivity contribution is 5.83. The number of para-hydroxylation sites is 1. The average Bonchev–Trinajstić information content (AvgIpc) is 2.55. The van der Waals surface area contributed by atoms with Gasteiger partial charge >= 0.3 is 0 Å². The number of nitrogen functional groups attached to an aromatic ring is 1. The number of ether oxygens (including phenoxy) is 1. The van der Waals surface area contributed by atoms with E-state index in [-0.39, 0.29) is 12.0 Å². The van der Waals surface area contributed by atoms with E-state index in [1.807, 2.05) is 19.1 Å². The van der Waals surface area contributed by atoms with Crippen molar-refractivity contribution in [3.8, 4) is 5.75 Å². The summed E-state index contributed by atoms with van der Waals surface area (Å²) < 4.78 is 5.70. The van der Waals surface area contributed by atoms with Gasteiger partial charge in [0, 0.05) is 20.0 Å². The van der Waals surface area contributed by atoms with Crippen LogP contribution in [0.2, 0.25) is 0 Å². The van der Waals surface area contributed by atoms with Crippen molar-refractivity contribution in [2.75, 3.05) is 19.3 Å². The third-order valence-corrected chi connectivity index (χ3v) is 2.88. The van der Waals surface area contributed by atoms with Crippen molar-refractivity contribution in [3.05, 3.63) is 23.8 Å². The molecule has 0 bridgehead atoms. The van der Waals surface area contributed by atoms with Crippen LogP contribution in [-0.4, -0.2) is 30.5 Å². The van der Waals surface area contributed by atoms with Crippen molar-refractivity contribution >= 4 is 11.6 Å². The summed E-state index contributed by atoms with van der Waals surface area (Å²) >= 11 is 0. The Kier molecular flexibility index (Phi) is 2.73. The van der Waals surface area contributed by atoms with E-state index in [0.29, 0.717) is 11.4 Å². The van der Waals surface area contributed by atoms with Crippen LogP contribution in [0, 0.1) is 6.92 Å². The predicted molar refractivity (Wildman–Crippen MR) is 62.3 cm³/mol. The van der Waals surface area contributed by atoms with Crippen molar-refractivity contribution < 1.29 is 9.53 Å². The van der Waals surface area contributed by atoms with Gasteiger partial charge in [0.1, 0.15) is 5.75 Å². The first-order valence-electron chi connectivity index (χ1n) is 5.36. The molecule has 1 heterocycles. The molecular weight excluding hydrogens is 204 g/mol. The summed E-state index contributed by atoms with van der Waals surface area (Å²) in [6, 6.07) is 5.58. The van der Waals surface area contributed by atoms with E-state index in [1.54, 1.807) is 18.0 Å². The number of aryl methyl sites for hydroxylation is 1. The van der Waals surface area contributed by atoms with E-state index in [2.05, 4.69) is 0 Å². The Morgan fingerprint density at radius 1 is 1.50 bits per heavy atom. The predicted octanol–water partition coefficient (Wildman–Crippen LogP) is 1.19. The fourth-order valence-corrected chi connectivity index (χ4v) is 1.88. The van der Waals surface area contributed by atoms with E-state index in [1.165, 1.54) is 0 Å². The summed E-state index contributed by atoms with van der Waals surface area (Å²) in [4.78, 5) is 13.4. The van der Waals surface area contributed by atoms with Gasteiger partial charge in [-0.3, -0.25) is 4.79 Å². The highest BCUT2D eigenvalue weighted by atomic mass is 16.5. The zero-order chi connectivity index (χ0) is 11.7. The second-order valence-electron chi connectivity index (χ2n) is 4.15. The number of likely N-dealkylation sites (tertiary alicyclic amines) is 1. The SMILES string of the molecule is Cc1cccc(N)c1OC1CCN(C)C1=O. The van der Waals surface area contributed by atoms with E-state index < -0.39 is 0 Å². The smallest absolute Gasteiger partial charge is 0.263 e. The van der Waals surface area contributed by atoms with Gasteiger partial charge in [-0.05, 0) is 18.6 Å². The van der Waals surface area contributed by atoms with Gasteiger partial charge in [0.25, 0.3) is 5.91 Å². The minimum absolute atomic E-state index is 0.0302. The Bertz CT molecular complexity index is 397. The maximum Gasteiger partial charge on any atom is 0.263 e. The van der Waals surface area contributed by atoms with Gasteiger partial charge in [0.05, 0.1) is 5.69 Å². The lowest BCUT2D eigenvalue weighted by molar-refractivity contribution is -0.132. The van der Waals surface area contributed by atoms with Crippen molar-refractivity contribution in [2.45, 2.75) is 19.4 Å². The van der Waals surface area contributed by atoms with Gasteiger partial charge in [0.2, 0.25) is 0 Å². The summed E-state index contributed by atoms with van der Waals surface area (Å²) in [6.07, 6.45) is 0.344. The maximum atomic E-state index is 11.7. The zero-order valence-electron chi connectivity index (χ0n) is 9.56. The molecule has 1 aliphatic heterocycles. The molecule has 0 saturated carbocycles. The molecule has 1 aromatic rings. The fraction of sp³-hybridized carbons (Fsp3) is 0.417. The number of nitrogens with two attached hydrogens (primary N) is 1. The molecule has 4 heteroatoms. The molecule has 0 aliphatic carbocycles. The molecule has 1 saturated heterocycles. The van der Waals surface area contributed by atoms with E-state index in [9.17, 15) is 4.79 Å². The van der Waals surface area contributed by atoms with Crippen LogP contribution in [0.3, 0.4) is 0 Å². The van der Waals surface area contributed by atoms with Gasteiger partial charge in [-0.1, -0.05) is 12.1 Å². The molecular formula is C12H16N2O2. The summed E-state index contributed by atoms with van der Waals surface area (Å²) in [5, 5.41) is 0. The number of benzene rings is 1. The molecule has 1 amide bonds. The third kappa shape index (κ3) is 1.83. The second-order valence-corrected chi connectivity index (χ2v) is 4.15. The first kappa shape index (κ1) is 10.8. The van der Waals surface area contributed by atoms with Gasteiger partial charge < -0.3 is 15.4 Å². The number of hydrogen-bond acceptors (Lipinski definition) is 3. The van der Waals surface area contributed by atoms with Crippen LogP contribution in [0.1, 0.15) is 12.0 Å². The second kappa shape index (κ2) is 4.04. The molecule has 2 N–H and O–H groups in total. The van der Waals surface area contributed by atoms with Crippen LogP contribution in [0.25, 0.3) is 0 Å². The molecule has 4 nitrogen and oxygen atoms in total. The number of hydrogen-bond donors (Lipinski definition) is 1. The molecule has 0 spiro atoms. The zero-order valence-corrected chi connectivity index (χ0v) is 9.56. The number of carbonyl (C=O) groups is 1. The number of amides is 1. The van der Waals surface area contributed by atoms with E-state index >= 15 is 0 Å². The molecule has 2 rings (SSSR count). The molecule has 1 atom stereocenters. The number of rotatable bonds is 2. The van der Waals surface area contributed by atoms with Crippen LogP contribution in [0.4, 0.5) is 5.69 Å². The average molecular weight is 220 g/mol. The van der Waals surface area contributed by atoms with Gasteiger partial charge in [-0.25, -0.2) is 0 Å². The van der Waals surface area contributed by atoms with Crippen molar-refractivity contribution in [3.63, 3.8) is 0 Å². The molecule has 86 valence electrons. The highest BCUT2D eigenvalue weighted by Crippen LogP contribution is 2.28. The van der Waals surface area contributed by atoms with Crippen LogP contribution in [0.5, 0.6) is 5.75 Å². The number of likely N-dealkylation sites (N-methyl/N-ethyl adjacent to an activating group) is 1. The lowest BCUT2D eigenvalue weighted by Gasteiger charge is -2.16. The van der Waals surface area contributed by atoms with Crippen LogP contribution < -0.4 is 10.5 Å². The molecule has 1 aromatic carbocycles. The molecule has 16 heavy (non-hydrogen) atoms. The quantitative estimate of drug-likeness (QED) is 0.762. The maximum absolute atomic E-state index is 11.7. The monoisotopic (exact) mass is 220 g/mol. The van der Waals surface area contributed by atoms with Gasteiger partial charge in [-0.2, -0.15) is 0 Å². The summed E-state index contributed by atoms with van der Waals surface area (Å²) in [6.45, 7) is 2.67. The summed E-state index contributed by atoms with van der Waals surface area (Å²) in [5.74, 6) is 0.666. The summed E-state index contributed by atoms with van der Waals surface area (Å²) in [7, 11) is 1.78. The van der Waals surface area contributed by atoms with Crippen molar-refractivity contribution in [1.82, 2.24) is 4.90 Å². The Hall–Kier alpha value is -1.71. The number of anilines is 1. The number of carbonyl (C=O) groups excluding carboxylic acids is 1. The standard InChI is InChI=1S/C12H16N2O2/c1-8-4-3-5-9(13)11(8)16-10-6-7-14(2)12(10)15/h3-5,10H,6-7,13H2,1-2H3. The van der Waals surface area contributed by atoms with E-state index in [4.69, 9.17) is 10.5 Å². The van der Waals surface area contributed by atoms with Gasteiger partial charge in [-0.15, -0.1) is 0 Å². The van der Waals surface area contributed by atoms with E-state index in [0.717, 1.165) is 18.5 Å². The lowest BCUT2D eigenvalue weighted by Crippen LogP contribution is -2.29. The Morgan fingerprint density at radius 2 is 2.25 bits per heavy atom. The molecule has 1 aliphatic rings. The molecule has 0 radical (unpaired) electrons.